The Labute approximate surface area is 146 Å². The van der Waals surface area contributed by atoms with Crippen LogP contribution in [0.4, 0.5) is 13.2 Å². The summed E-state index contributed by atoms with van der Waals surface area (Å²) in [5.41, 5.74) is -1.96. The second kappa shape index (κ2) is 6.67. The lowest BCUT2D eigenvalue weighted by atomic mass is 9.91. The summed E-state index contributed by atoms with van der Waals surface area (Å²) in [5, 5.41) is 9.65. The molecule has 0 saturated carbocycles. The molecule has 7 heteroatoms. The fourth-order valence-corrected chi connectivity index (χ4v) is 2.85. The third-order valence-corrected chi connectivity index (χ3v) is 3.86. The Hall–Kier alpha value is -3.09. The molecule has 3 aromatic rings. The zero-order valence-electron chi connectivity index (χ0n) is 13.7. The van der Waals surface area contributed by atoms with Crippen molar-refractivity contribution in [3.63, 3.8) is 0 Å². The zero-order valence-corrected chi connectivity index (χ0v) is 13.7. The highest BCUT2D eigenvalue weighted by molar-refractivity contribution is 6.03. The maximum absolute atomic E-state index is 13.8. The molecule has 0 unspecified atom stereocenters. The van der Waals surface area contributed by atoms with Crippen LogP contribution in [0, 0.1) is 0 Å². The summed E-state index contributed by atoms with van der Waals surface area (Å²) in [6, 6.07) is 10.1. The number of halogens is 3. The van der Waals surface area contributed by atoms with E-state index >= 15 is 0 Å². The molecule has 0 aliphatic heterocycles. The van der Waals surface area contributed by atoms with Gasteiger partial charge in [0.25, 0.3) is 0 Å². The van der Waals surface area contributed by atoms with Crippen molar-refractivity contribution in [2.45, 2.75) is 13.1 Å². The van der Waals surface area contributed by atoms with Gasteiger partial charge in [0, 0.05) is 17.1 Å². The highest BCUT2D eigenvalue weighted by Gasteiger charge is 2.39. The Balaban J connectivity index is 2.39. The van der Waals surface area contributed by atoms with Gasteiger partial charge >= 0.3 is 12.1 Å². The van der Waals surface area contributed by atoms with E-state index in [1.807, 2.05) is 0 Å². The van der Waals surface area contributed by atoms with Crippen molar-refractivity contribution in [2.75, 3.05) is 6.61 Å². The van der Waals surface area contributed by atoms with Crippen molar-refractivity contribution in [3.8, 4) is 16.9 Å². The van der Waals surface area contributed by atoms with Gasteiger partial charge in [-0.1, -0.05) is 18.2 Å². The number of pyridine rings is 1. The van der Waals surface area contributed by atoms with Crippen LogP contribution in [0.5, 0.6) is 5.75 Å². The van der Waals surface area contributed by atoms with Crippen LogP contribution in [0.25, 0.3) is 22.0 Å². The first-order chi connectivity index (χ1) is 12.3. The molecule has 0 aliphatic rings. The van der Waals surface area contributed by atoms with Gasteiger partial charge in [0.1, 0.15) is 5.75 Å². The second-order valence-electron chi connectivity index (χ2n) is 5.51. The summed E-state index contributed by atoms with van der Waals surface area (Å²) in [7, 11) is 0. The molecule has 2 aromatic carbocycles. The van der Waals surface area contributed by atoms with Crippen LogP contribution < -0.4 is 4.74 Å². The Bertz CT molecular complexity index is 966. The number of nitrogens with zero attached hydrogens (tertiary/aromatic N) is 1. The number of carboxylic acids is 1. The molecular weight excluding hydrogens is 347 g/mol. The number of benzene rings is 2. The Morgan fingerprint density at radius 2 is 1.88 bits per heavy atom. The van der Waals surface area contributed by atoms with Crippen molar-refractivity contribution in [1.29, 1.82) is 0 Å². The average molecular weight is 361 g/mol. The highest BCUT2D eigenvalue weighted by Crippen LogP contribution is 2.43. The first-order valence-electron chi connectivity index (χ1n) is 7.78. The number of carboxylic acid groups (broad SMARTS) is 1. The van der Waals surface area contributed by atoms with Crippen LogP contribution >= 0.6 is 0 Å². The van der Waals surface area contributed by atoms with Crippen molar-refractivity contribution in [3.05, 3.63) is 59.8 Å². The van der Waals surface area contributed by atoms with Gasteiger partial charge in [0.05, 0.1) is 23.3 Å². The van der Waals surface area contributed by atoms with E-state index in [4.69, 9.17) is 4.74 Å². The van der Waals surface area contributed by atoms with Crippen LogP contribution in [-0.2, 0) is 6.18 Å². The van der Waals surface area contributed by atoms with E-state index in [1.54, 1.807) is 25.1 Å². The van der Waals surface area contributed by atoms with E-state index in [2.05, 4.69) is 4.98 Å². The number of aromatic nitrogens is 1. The van der Waals surface area contributed by atoms with Crippen molar-refractivity contribution < 1.29 is 27.8 Å². The molecule has 0 radical (unpaired) electrons. The molecule has 134 valence electrons. The van der Waals surface area contributed by atoms with Gasteiger partial charge in [-0.2, -0.15) is 13.2 Å². The molecule has 0 aliphatic carbocycles. The van der Waals surface area contributed by atoms with Gasteiger partial charge in [-0.3, -0.25) is 4.98 Å². The Kier molecular flexibility index (Phi) is 4.54. The first-order valence-corrected chi connectivity index (χ1v) is 7.78. The molecule has 4 nitrogen and oxygen atoms in total. The molecule has 1 aromatic heterocycles. The molecule has 0 atom stereocenters. The monoisotopic (exact) mass is 361 g/mol. The van der Waals surface area contributed by atoms with Gasteiger partial charge < -0.3 is 9.84 Å². The standard InChI is InChI=1S/C19H14F3NO3/c1-2-26-13-7-5-11(6-8-13)15-16(19(20,21)22)14(18(24)25)10-12-4-3-9-23-17(12)15/h3-10H,2H2,1H3,(H,24,25). The van der Waals surface area contributed by atoms with E-state index in [-0.39, 0.29) is 16.6 Å². The molecule has 26 heavy (non-hydrogen) atoms. The number of ether oxygens (including phenoxy) is 1. The van der Waals surface area contributed by atoms with Crippen molar-refractivity contribution in [1.82, 2.24) is 4.98 Å². The zero-order chi connectivity index (χ0) is 18.9. The highest BCUT2D eigenvalue weighted by atomic mass is 19.4. The number of alkyl halides is 3. The van der Waals surface area contributed by atoms with Gasteiger partial charge in [-0.25, -0.2) is 4.79 Å². The van der Waals surface area contributed by atoms with Gasteiger partial charge in [-0.15, -0.1) is 0 Å². The molecule has 1 heterocycles. The molecule has 0 saturated heterocycles. The molecule has 3 rings (SSSR count). The average Bonchev–Trinajstić information content (AvgIpc) is 2.60. The predicted molar refractivity (Wildman–Crippen MR) is 90.3 cm³/mol. The van der Waals surface area contributed by atoms with Gasteiger partial charge in [-0.05, 0) is 36.8 Å². The number of hydrogen-bond acceptors (Lipinski definition) is 3. The number of fused-ring (bicyclic) bond motifs is 1. The minimum absolute atomic E-state index is 0.0917. The fourth-order valence-electron chi connectivity index (χ4n) is 2.85. The Morgan fingerprint density at radius 1 is 1.19 bits per heavy atom. The van der Waals surface area contributed by atoms with Gasteiger partial charge in [0.2, 0.25) is 0 Å². The van der Waals surface area contributed by atoms with E-state index in [1.165, 1.54) is 24.4 Å². The Morgan fingerprint density at radius 3 is 2.46 bits per heavy atom. The summed E-state index contributed by atoms with van der Waals surface area (Å²) in [6.07, 6.45) is -3.48. The maximum atomic E-state index is 13.8. The van der Waals surface area contributed by atoms with E-state index < -0.39 is 23.3 Å². The molecule has 1 N–H and O–H groups in total. The normalized spacial score (nSPS) is 11.5. The van der Waals surface area contributed by atoms with E-state index in [0.29, 0.717) is 17.7 Å². The van der Waals surface area contributed by atoms with Crippen LogP contribution in [0.15, 0.2) is 48.7 Å². The number of carbonyl (C=O) groups is 1. The van der Waals surface area contributed by atoms with Crippen LogP contribution in [0.2, 0.25) is 0 Å². The van der Waals surface area contributed by atoms with Crippen LogP contribution in [0.1, 0.15) is 22.8 Å². The summed E-state index contributed by atoms with van der Waals surface area (Å²) >= 11 is 0. The summed E-state index contributed by atoms with van der Waals surface area (Å²) in [4.78, 5) is 15.6. The van der Waals surface area contributed by atoms with E-state index in [9.17, 15) is 23.1 Å². The third-order valence-electron chi connectivity index (χ3n) is 3.86. The lowest BCUT2D eigenvalue weighted by Gasteiger charge is -2.18. The van der Waals surface area contributed by atoms with Gasteiger partial charge in [0.15, 0.2) is 0 Å². The summed E-state index contributed by atoms with van der Waals surface area (Å²) in [6.45, 7) is 2.22. The lowest BCUT2D eigenvalue weighted by Crippen LogP contribution is -2.15. The number of hydrogen-bond donors (Lipinski definition) is 1. The molecule has 0 spiro atoms. The summed E-state index contributed by atoms with van der Waals surface area (Å²) < 4.78 is 46.6. The largest absolute Gasteiger partial charge is 0.494 e. The quantitative estimate of drug-likeness (QED) is 0.709. The van der Waals surface area contributed by atoms with E-state index in [0.717, 1.165) is 6.07 Å². The fraction of sp³-hybridized carbons (Fsp3) is 0.158. The maximum Gasteiger partial charge on any atom is 0.417 e. The minimum atomic E-state index is -4.85. The van der Waals surface area contributed by atoms with Crippen molar-refractivity contribution in [2.24, 2.45) is 0 Å². The smallest absolute Gasteiger partial charge is 0.417 e. The summed E-state index contributed by atoms with van der Waals surface area (Å²) in [5.74, 6) is -1.13. The first kappa shape index (κ1) is 17.7. The predicted octanol–water partition coefficient (Wildman–Crippen LogP) is 5.02. The topological polar surface area (TPSA) is 59.4 Å². The molecule has 0 bridgehead atoms. The number of rotatable bonds is 4. The van der Waals surface area contributed by atoms with Crippen LogP contribution in [-0.4, -0.2) is 22.7 Å². The third kappa shape index (κ3) is 3.20. The molecule has 0 amide bonds. The number of aromatic carboxylic acids is 1. The lowest BCUT2D eigenvalue weighted by molar-refractivity contribution is -0.137. The minimum Gasteiger partial charge on any atom is -0.494 e. The molecule has 0 fully saturated rings. The molecular formula is C19H14F3NO3. The van der Waals surface area contributed by atoms with Crippen LogP contribution in [0.3, 0.4) is 0 Å². The second-order valence-corrected chi connectivity index (χ2v) is 5.51. The SMILES string of the molecule is CCOc1ccc(-c2c(C(F)(F)F)c(C(=O)O)cc3cccnc23)cc1. The van der Waals surface area contributed by atoms with Crippen molar-refractivity contribution >= 4 is 16.9 Å².